The van der Waals surface area contributed by atoms with Crippen LogP contribution in [-0.4, -0.2) is 62.3 Å². The van der Waals surface area contributed by atoms with Gasteiger partial charge < -0.3 is 4.90 Å². The van der Waals surface area contributed by atoms with Crippen molar-refractivity contribution < 1.29 is 13.2 Å². The van der Waals surface area contributed by atoms with E-state index < -0.39 is 10.0 Å². The van der Waals surface area contributed by atoms with Crippen LogP contribution in [0.3, 0.4) is 0 Å². The van der Waals surface area contributed by atoms with E-state index in [2.05, 4.69) is 31.7 Å². The topological polar surface area (TPSA) is 60.9 Å². The molecule has 4 rings (SSSR count). The van der Waals surface area contributed by atoms with Gasteiger partial charge in [-0.25, -0.2) is 8.42 Å². The number of para-hydroxylation sites is 1. The van der Waals surface area contributed by atoms with E-state index in [0.717, 1.165) is 30.6 Å². The number of carbonyl (C=O) groups is 1. The molecule has 2 heterocycles. The molecule has 0 aromatic heterocycles. The van der Waals surface area contributed by atoms with Crippen LogP contribution in [0.25, 0.3) is 0 Å². The Kier molecular flexibility index (Phi) is 6.67. The SMILES string of the molecule is CC(C(=O)N1CCCc2ccccc21)N1CCN(S(=O)(=O)c2ccc(C(C)(C)C)cc2)CC1. The van der Waals surface area contributed by atoms with Gasteiger partial charge in [0.2, 0.25) is 15.9 Å². The van der Waals surface area contributed by atoms with Crippen molar-refractivity contribution in [3.63, 3.8) is 0 Å². The lowest BCUT2D eigenvalue weighted by Crippen LogP contribution is -2.56. The minimum atomic E-state index is -3.54. The lowest BCUT2D eigenvalue weighted by Gasteiger charge is -2.39. The highest BCUT2D eigenvalue weighted by Gasteiger charge is 2.34. The number of aryl methyl sites for hydroxylation is 1. The fourth-order valence-corrected chi connectivity index (χ4v) is 6.17. The van der Waals surface area contributed by atoms with Crippen LogP contribution in [0.15, 0.2) is 53.4 Å². The molecular formula is C26H35N3O3S. The lowest BCUT2D eigenvalue weighted by atomic mass is 9.87. The predicted octanol–water partition coefficient (Wildman–Crippen LogP) is 3.66. The van der Waals surface area contributed by atoms with E-state index in [0.29, 0.717) is 31.1 Å². The molecule has 1 unspecified atom stereocenters. The first-order valence-corrected chi connectivity index (χ1v) is 13.3. The number of amides is 1. The van der Waals surface area contributed by atoms with Crippen molar-refractivity contribution in [1.29, 1.82) is 0 Å². The quantitative estimate of drug-likeness (QED) is 0.686. The first kappa shape index (κ1) is 23.9. The number of benzene rings is 2. The summed E-state index contributed by atoms with van der Waals surface area (Å²) in [6.45, 7) is 10.9. The van der Waals surface area contributed by atoms with Gasteiger partial charge in [-0.05, 0) is 54.5 Å². The molecule has 0 bridgehead atoms. The summed E-state index contributed by atoms with van der Waals surface area (Å²) in [5, 5.41) is 0. The van der Waals surface area contributed by atoms with Gasteiger partial charge in [-0.15, -0.1) is 0 Å². The zero-order chi connectivity index (χ0) is 23.8. The number of piperazine rings is 1. The van der Waals surface area contributed by atoms with Gasteiger partial charge in [0.15, 0.2) is 0 Å². The molecule has 0 N–H and O–H groups in total. The minimum Gasteiger partial charge on any atom is -0.311 e. The smallest absolute Gasteiger partial charge is 0.244 e. The van der Waals surface area contributed by atoms with E-state index in [1.165, 1.54) is 5.56 Å². The van der Waals surface area contributed by atoms with E-state index in [4.69, 9.17) is 0 Å². The normalized spacial score (nSPS) is 19.2. The van der Waals surface area contributed by atoms with Gasteiger partial charge in [0.05, 0.1) is 10.9 Å². The third-order valence-corrected chi connectivity index (χ3v) is 8.83. The Hall–Kier alpha value is -2.22. The average Bonchev–Trinajstić information content (AvgIpc) is 2.82. The third-order valence-electron chi connectivity index (χ3n) is 6.91. The number of hydrogen-bond acceptors (Lipinski definition) is 4. The van der Waals surface area contributed by atoms with Gasteiger partial charge in [-0.3, -0.25) is 9.69 Å². The zero-order valence-corrected chi connectivity index (χ0v) is 20.9. The molecule has 6 nitrogen and oxygen atoms in total. The van der Waals surface area contributed by atoms with Crippen molar-refractivity contribution in [3.05, 3.63) is 59.7 Å². The van der Waals surface area contributed by atoms with Gasteiger partial charge in [0.25, 0.3) is 0 Å². The van der Waals surface area contributed by atoms with Crippen LogP contribution >= 0.6 is 0 Å². The number of hydrogen-bond donors (Lipinski definition) is 0. The van der Waals surface area contributed by atoms with E-state index in [9.17, 15) is 13.2 Å². The highest BCUT2D eigenvalue weighted by molar-refractivity contribution is 7.89. The molecule has 1 amide bonds. The molecule has 0 aliphatic carbocycles. The fourth-order valence-electron chi connectivity index (χ4n) is 4.75. The van der Waals surface area contributed by atoms with Crippen LogP contribution in [0.4, 0.5) is 5.69 Å². The Morgan fingerprint density at radius 1 is 0.909 bits per heavy atom. The molecule has 0 radical (unpaired) electrons. The maximum Gasteiger partial charge on any atom is 0.244 e. The van der Waals surface area contributed by atoms with Crippen molar-refractivity contribution in [1.82, 2.24) is 9.21 Å². The Labute approximate surface area is 198 Å². The molecule has 1 atom stereocenters. The minimum absolute atomic E-state index is 0.0224. The highest BCUT2D eigenvalue weighted by Crippen LogP contribution is 2.29. The van der Waals surface area contributed by atoms with Crippen LogP contribution < -0.4 is 4.90 Å². The molecule has 7 heteroatoms. The average molecular weight is 470 g/mol. The first-order valence-electron chi connectivity index (χ1n) is 11.8. The highest BCUT2D eigenvalue weighted by atomic mass is 32.2. The molecule has 178 valence electrons. The lowest BCUT2D eigenvalue weighted by molar-refractivity contribution is -0.123. The zero-order valence-electron chi connectivity index (χ0n) is 20.1. The van der Waals surface area contributed by atoms with Gasteiger partial charge in [0.1, 0.15) is 0 Å². The molecule has 2 aliphatic rings. The number of nitrogens with zero attached hydrogens (tertiary/aromatic N) is 3. The molecule has 1 fully saturated rings. The van der Waals surface area contributed by atoms with Crippen LogP contribution in [0.1, 0.15) is 45.2 Å². The van der Waals surface area contributed by atoms with Crippen LogP contribution in [0, 0.1) is 0 Å². The second-order valence-electron chi connectivity index (χ2n) is 10.1. The van der Waals surface area contributed by atoms with Gasteiger partial charge in [0, 0.05) is 38.4 Å². The summed E-state index contributed by atoms with van der Waals surface area (Å²) in [5.41, 5.74) is 3.32. The predicted molar refractivity (Wildman–Crippen MR) is 132 cm³/mol. The molecule has 0 saturated carbocycles. The Bertz CT molecular complexity index is 1100. The largest absolute Gasteiger partial charge is 0.311 e. The van der Waals surface area contributed by atoms with Gasteiger partial charge in [-0.1, -0.05) is 51.1 Å². The Morgan fingerprint density at radius 3 is 2.18 bits per heavy atom. The fraction of sp³-hybridized carbons (Fsp3) is 0.500. The first-order chi connectivity index (χ1) is 15.6. The molecule has 0 spiro atoms. The van der Waals surface area contributed by atoms with E-state index in [1.807, 2.05) is 42.2 Å². The summed E-state index contributed by atoms with van der Waals surface area (Å²) >= 11 is 0. The number of fused-ring (bicyclic) bond motifs is 1. The second kappa shape index (κ2) is 9.20. The molecule has 2 aromatic rings. The monoisotopic (exact) mass is 469 g/mol. The van der Waals surface area contributed by atoms with Crippen molar-refractivity contribution in [2.75, 3.05) is 37.6 Å². The second-order valence-corrected chi connectivity index (χ2v) is 12.1. The summed E-state index contributed by atoms with van der Waals surface area (Å²) in [7, 11) is -3.54. The summed E-state index contributed by atoms with van der Waals surface area (Å²) in [4.78, 5) is 17.7. The van der Waals surface area contributed by atoms with Crippen molar-refractivity contribution >= 4 is 21.6 Å². The van der Waals surface area contributed by atoms with Crippen LogP contribution in [-0.2, 0) is 26.7 Å². The summed E-state index contributed by atoms with van der Waals surface area (Å²) in [6, 6.07) is 15.1. The number of sulfonamides is 1. The number of carbonyl (C=O) groups excluding carboxylic acids is 1. The number of rotatable bonds is 4. The van der Waals surface area contributed by atoms with Crippen molar-refractivity contribution in [3.8, 4) is 0 Å². The molecule has 2 aromatic carbocycles. The van der Waals surface area contributed by atoms with E-state index in [-0.39, 0.29) is 17.4 Å². The molecule has 2 aliphatic heterocycles. The maximum atomic E-state index is 13.3. The molecule has 1 saturated heterocycles. The van der Waals surface area contributed by atoms with Crippen molar-refractivity contribution in [2.45, 2.75) is 56.9 Å². The van der Waals surface area contributed by atoms with Gasteiger partial charge in [-0.2, -0.15) is 4.31 Å². The number of anilines is 1. The standard InChI is InChI=1S/C26H35N3O3S/c1-20(25(30)29-15-7-9-21-8-5-6-10-24(21)29)27-16-18-28(19-17-27)33(31,32)23-13-11-22(12-14-23)26(2,3)4/h5-6,8,10-14,20H,7,9,15-19H2,1-4H3. The van der Waals surface area contributed by atoms with E-state index in [1.54, 1.807) is 16.4 Å². The van der Waals surface area contributed by atoms with E-state index >= 15 is 0 Å². The van der Waals surface area contributed by atoms with Crippen molar-refractivity contribution in [2.24, 2.45) is 0 Å². The maximum absolute atomic E-state index is 13.3. The van der Waals surface area contributed by atoms with Crippen LogP contribution in [0.5, 0.6) is 0 Å². The summed E-state index contributed by atoms with van der Waals surface area (Å²) in [6.07, 6.45) is 1.97. The Balaban J connectivity index is 1.41. The third kappa shape index (κ3) is 4.86. The van der Waals surface area contributed by atoms with Crippen LogP contribution in [0.2, 0.25) is 0 Å². The summed E-state index contributed by atoms with van der Waals surface area (Å²) < 4.78 is 27.9. The van der Waals surface area contributed by atoms with Gasteiger partial charge >= 0.3 is 0 Å². The molecule has 33 heavy (non-hydrogen) atoms. The molecular weight excluding hydrogens is 434 g/mol. The summed E-state index contributed by atoms with van der Waals surface area (Å²) in [5.74, 6) is 0.0937. The Morgan fingerprint density at radius 2 is 1.55 bits per heavy atom.